The van der Waals surface area contributed by atoms with Gasteiger partial charge in [0.2, 0.25) is 11.6 Å². The zero-order chi connectivity index (χ0) is 13.1. The summed E-state index contributed by atoms with van der Waals surface area (Å²) in [4.78, 5) is 20.5. The maximum absolute atomic E-state index is 11.2. The molecule has 1 unspecified atom stereocenters. The summed E-state index contributed by atoms with van der Waals surface area (Å²) >= 11 is 0. The van der Waals surface area contributed by atoms with Gasteiger partial charge in [0.05, 0.1) is 17.6 Å². The molecule has 0 bridgehead atoms. The van der Waals surface area contributed by atoms with Crippen LogP contribution in [0, 0.1) is 10.1 Å². The minimum absolute atomic E-state index is 0.0337. The van der Waals surface area contributed by atoms with Gasteiger partial charge in [0.1, 0.15) is 6.33 Å². The highest BCUT2D eigenvalue weighted by atomic mass is 16.6. The van der Waals surface area contributed by atoms with E-state index >= 15 is 0 Å². The molecular formula is C10H15N5O3. The van der Waals surface area contributed by atoms with Crippen LogP contribution in [0.3, 0.4) is 0 Å². The normalized spacial score (nSPS) is 19.7. The molecule has 0 aromatic carbocycles. The second-order valence-electron chi connectivity index (χ2n) is 4.03. The third kappa shape index (κ3) is 2.33. The maximum atomic E-state index is 11.2. The fourth-order valence-electron chi connectivity index (χ4n) is 1.96. The molecule has 1 aromatic heterocycles. The van der Waals surface area contributed by atoms with Crippen molar-refractivity contribution >= 4 is 17.3 Å². The maximum Gasteiger partial charge on any atom is 0.353 e. The van der Waals surface area contributed by atoms with Crippen LogP contribution in [0.2, 0.25) is 0 Å². The zero-order valence-electron chi connectivity index (χ0n) is 10.3. The van der Waals surface area contributed by atoms with Crippen LogP contribution in [0.5, 0.6) is 0 Å². The Morgan fingerprint density at radius 2 is 2.39 bits per heavy atom. The number of morpholine rings is 1. The van der Waals surface area contributed by atoms with Gasteiger partial charge in [-0.2, -0.15) is 0 Å². The number of nitrogens with one attached hydrogen (secondary N) is 1. The van der Waals surface area contributed by atoms with E-state index in [-0.39, 0.29) is 17.6 Å². The van der Waals surface area contributed by atoms with E-state index in [9.17, 15) is 10.1 Å². The van der Waals surface area contributed by atoms with Gasteiger partial charge in [0.15, 0.2) is 0 Å². The Morgan fingerprint density at radius 1 is 1.61 bits per heavy atom. The third-order valence-corrected chi connectivity index (χ3v) is 2.76. The number of rotatable bonds is 3. The number of nitro groups is 1. The van der Waals surface area contributed by atoms with Crippen LogP contribution < -0.4 is 10.2 Å². The second kappa shape index (κ2) is 5.13. The quantitative estimate of drug-likeness (QED) is 0.624. The van der Waals surface area contributed by atoms with E-state index in [4.69, 9.17) is 4.74 Å². The van der Waals surface area contributed by atoms with E-state index in [0.717, 1.165) is 0 Å². The van der Waals surface area contributed by atoms with Crippen LogP contribution in [0.1, 0.15) is 6.92 Å². The Morgan fingerprint density at radius 3 is 3.00 bits per heavy atom. The SMILES string of the molecule is CNc1ncnc(N2CCOC(C)C2)c1[N+](=O)[O-]. The first-order valence-corrected chi connectivity index (χ1v) is 5.67. The lowest BCUT2D eigenvalue weighted by Crippen LogP contribution is -2.41. The van der Waals surface area contributed by atoms with Gasteiger partial charge in [0, 0.05) is 20.1 Å². The van der Waals surface area contributed by atoms with Crippen LogP contribution in [-0.2, 0) is 4.74 Å². The highest BCUT2D eigenvalue weighted by molar-refractivity contribution is 5.70. The van der Waals surface area contributed by atoms with Crippen molar-refractivity contribution < 1.29 is 9.66 Å². The third-order valence-electron chi connectivity index (χ3n) is 2.76. The molecule has 0 saturated carbocycles. The fraction of sp³-hybridized carbons (Fsp3) is 0.600. The van der Waals surface area contributed by atoms with Crippen LogP contribution in [0.25, 0.3) is 0 Å². The minimum atomic E-state index is -0.457. The van der Waals surface area contributed by atoms with E-state index < -0.39 is 4.92 Å². The molecule has 1 fully saturated rings. The number of nitrogens with zero attached hydrogens (tertiary/aromatic N) is 4. The highest BCUT2D eigenvalue weighted by Gasteiger charge is 2.28. The molecule has 2 rings (SSSR count). The van der Waals surface area contributed by atoms with E-state index in [0.29, 0.717) is 25.5 Å². The largest absolute Gasteiger partial charge is 0.375 e. The summed E-state index contributed by atoms with van der Waals surface area (Å²) < 4.78 is 5.42. The Labute approximate surface area is 104 Å². The van der Waals surface area contributed by atoms with Gasteiger partial charge in [-0.05, 0) is 6.92 Å². The molecule has 2 heterocycles. The van der Waals surface area contributed by atoms with Gasteiger partial charge >= 0.3 is 5.69 Å². The average Bonchev–Trinajstić information content (AvgIpc) is 2.37. The van der Waals surface area contributed by atoms with Gasteiger partial charge in [-0.25, -0.2) is 9.97 Å². The number of hydrogen-bond donors (Lipinski definition) is 1. The molecule has 1 aliphatic heterocycles. The molecule has 8 nitrogen and oxygen atoms in total. The standard InChI is InChI=1S/C10H15N5O3/c1-7-5-14(3-4-18-7)10-8(15(16)17)9(11-2)12-6-13-10/h6-7H,3-5H2,1-2H3,(H,11,12,13). The Bertz CT molecular complexity index is 453. The Balaban J connectivity index is 2.40. The summed E-state index contributed by atoms with van der Waals surface area (Å²) in [6.07, 6.45) is 1.36. The molecular weight excluding hydrogens is 238 g/mol. The number of anilines is 2. The van der Waals surface area contributed by atoms with Crippen LogP contribution in [-0.4, -0.2) is 47.7 Å². The Kier molecular flexibility index (Phi) is 3.56. The molecule has 1 saturated heterocycles. The monoisotopic (exact) mass is 253 g/mol. The number of ether oxygens (including phenoxy) is 1. The lowest BCUT2D eigenvalue weighted by Gasteiger charge is -2.31. The predicted molar refractivity (Wildman–Crippen MR) is 65.9 cm³/mol. The lowest BCUT2D eigenvalue weighted by atomic mass is 10.3. The smallest absolute Gasteiger partial charge is 0.353 e. The van der Waals surface area contributed by atoms with Gasteiger partial charge in [-0.3, -0.25) is 10.1 Å². The van der Waals surface area contributed by atoms with E-state index in [1.165, 1.54) is 6.33 Å². The molecule has 1 atom stereocenters. The first-order valence-electron chi connectivity index (χ1n) is 5.67. The molecule has 18 heavy (non-hydrogen) atoms. The van der Waals surface area contributed by atoms with Crippen molar-refractivity contribution in [3.05, 3.63) is 16.4 Å². The van der Waals surface area contributed by atoms with Crippen LogP contribution in [0.4, 0.5) is 17.3 Å². The van der Waals surface area contributed by atoms with Gasteiger partial charge in [-0.15, -0.1) is 0 Å². The Hall–Kier alpha value is -1.96. The molecule has 0 amide bonds. The van der Waals surface area contributed by atoms with Crippen LogP contribution in [0.15, 0.2) is 6.33 Å². The summed E-state index contributed by atoms with van der Waals surface area (Å²) in [5, 5.41) is 13.9. The second-order valence-corrected chi connectivity index (χ2v) is 4.03. The van der Waals surface area contributed by atoms with Gasteiger partial charge < -0.3 is 15.0 Å². The molecule has 0 aliphatic carbocycles. The van der Waals surface area contributed by atoms with E-state index in [1.54, 1.807) is 7.05 Å². The molecule has 1 N–H and O–H groups in total. The van der Waals surface area contributed by atoms with Crippen molar-refractivity contribution in [3.8, 4) is 0 Å². The van der Waals surface area contributed by atoms with Gasteiger partial charge in [-0.1, -0.05) is 0 Å². The van der Waals surface area contributed by atoms with Crippen molar-refractivity contribution in [2.45, 2.75) is 13.0 Å². The lowest BCUT2D eigenvalue weighted by molar-refractivity contribution is -0.383. The minimum Gasteiger partial charge on any atom is -0.375 e. The molecule has 0 radical (unpaired) electrons. The molecule has 0 spiro atoms. The van der Waals surface area contributed by atoms with Crippen molar-refractivity contribution in [1.82, 2.24) is 9.97 Å². The first kappa shape index (κ1) is 12.5. The molecule has 1 aliphatic rings. The van der Waals surface area contributed by atoms with Crippen molar-refractivity contribution in [2.24, 2.45) is 0 Å². The molecule has 8 heteroatoms. The number of hydrogen-bond acceptors (Lipinski definition) is 7. The summed E-state index contributed by atoms with van der Waals surface area (Å²) in [6, 6.07) is 0. The van der Waals surface area contributed by atoms with E-state index in [2.05, 4.69) is 15.3 Å². The predicted octanol–water partition coefficient (Wildman–Crippen LogP) is 0.652. The molecule has 1 aromatic rings. The van der Waals surface area contributed by atoms with Crippen LogP contribution >= 0.6 is 0 Å². The fourth-order valence-corrected chi connectivity index (χ4v) is 1.96. The summed E-state index contributed by atoms with van der Waals surface area (Å²) in [6.45, 7) is 3.64. The average molecular weight is 253 g/mol. The number of aromatic nitrogens is 2. The summed E-state index contributed by atoms with van der Waals surface area (Å²) in [5.74, 6) is 0.568. The van der Waals surface area contributed by atoms with Gasteiger partial charge in [0.25, 0.3) is 0 Å². The van der Waals surface area contributed by atoms with Crippen molar-refractivity contribution in [3.63, 3.8) is 0 Å². The first-order chi connectivity index (χ1) is 8.63. The summed E-state index contributed by atoms with van der Waals surface area (Å²) in [7, 11) is 1.60. The molecule has 98 valence electrons. The zero-order valence-corrected chi connectivity index (χ0v) is 10.3. The summed E-state index contributed by atoms with van der Waals surface area (Å²) in [5.41, 5.74) is -0.0888. The van der Waals surface area contributed by atoms with E-state index in [1.807, 2.05) is 11.8 Å². The highest BCUT2D eigenvalue weighted by Crippen LogP contribution is 2.32. The van der Waals surface area contributed by atoms with Crippen molar-refractivity contribution in [1.29, 1.82) is 0 Å². The van der Waals surface area contributed by atoms with Crippen molar-refractivity contribution in [2.75, 3.05) is 37.0 Å². The topological polar surface area (TPSA) is 93.4 Å².